The average molecular weight is 416 g/mol. The predicted molar refractivity (Wildman–Crippen MR) is 117 cm³/mol. The zero-order valence-corrected chi connectivity index (χ0v) is 17.2. The van der Waals surface area contributed by atoms with E-state index in [2.05, 4.69) is 9.97 Å². The van der Waals surface area contributed by atoms with Crippen molar-refractivity contribution in [3.05, 3.63) is 83.2 Å². The third kappa shape index (κ3) is 3.64. The van der Waals surface area contributed by atoms with Crippen LogP contribution in [0.25, 0.3) is 16.9 Å². The first-order valence-electron chi connectivity index (χ1n) is 10.0. The van der Waals surface area contributed by atoms with Crippen molar-refractivity contribution in [2.24, 2.45) is 0 Å². The first kappa shape index (κ1) is 18.7. The van der Waals surface area contributed by atoms with Gasteiger partial charge in [-0.15, -0.1) is 11.3 Å². The molecule has 4 aromatic rings. The molecule has 1 saturated heterocycles. The molecule has 0 N–H and O–H groups in total. The molecule has 0 spiro atoms. The molecular weight excluding hydrogens is 394 g/mol. The lowest BCUT2D eigenvalue weighted by Gasteiger charge is -2.31. The molecule has 4 heterocycles. The van der Waals surface area contributed by atoms with E-state index in [0.29, 0.717) is 23.7 Å². The molecule has 30 heavy (non-hydrogen) atoms. The van der Waals surface area contributed by atoms with Gasteiger partial charge in [-0.05, 0) is 37.1 Å². The SMILES string of the molecule is O=C(c1cn(-c2ccccc2)nc1-c1cccnc1)N1CCCC(c2nccs2)C1. The number of para-hydroxylation sites is 1. The summed E-state index contributed by atoms with van der Waals surface area (Å²) in [5, 5.41) is 7.87. The molecule has 1 unspecified atom stereocenters. The number of piperidine rings is 1. The Kier molecular flexibility index (Phi) is 5.11. The van der Waals surface area contributed by atoms with Gasteiger partial charge < -0.3 is 4.90 Å². The van der Waals surface area contributed by atoms with Gasteiger partial charge in [-0.2, -0.15) is 5.10 Å². The molecule has 1 atom stereocenters. The molecule has 1 aliphatic heterocycles. The number of carbonyl (C=O) groups excluding carboxylic acids is 1. The van der Waals surface area contributed by atoms with Crippen molar-refractivity contribution >= 4 is 17.2 Å². The van der Waals surface area contributed by atoms with Crippen LogP contribution in [0, 0.1) is 0 Å². The van der Waals surface area contributed by atoms with Gasteiger partial charge >= 0.3 is 0 Å². The third-order valence-corrected chi connectivity index (χ3v) is 6.35. The number of hydrogen-bond acceptors (Lipinski definition) is 5. The quantitative estimate of drug-likeness (QED) is 0.495. The fourth-order valence-electron chi connectivity index (χ4n) is 3.93. The summed E-state index contributed by atoms with van der Waals surface area (Å²) in [7, 11) is 0. The van der Waals surface area contributed by atoms with Crippen LogP contribution in [0.3, 0.4) is 0 Å². The minimum absolute atomic E-state index is 0.0114. The number of likely N-dealkylation sites (tertiary alicyclic amines) is 1. The zero-order valence-electron chi connectivity index (χ0n) is 16.4. The second kappa shape index (κ2) is 8.20. The van der Waals surface area contributed by atoms with Crippen molar-refractivity contribution in [3.63, 3.8) is 0 Å². The normalized spacial score (nSPS) is 16.5. The molecule has 0 aliphatic carbocycles. The summed E-state index contributed by atoms with van der Waals surface area (Å²) in [4.78, 5) is 24.2. The van der Waals surface area contributed by atoms with E-state index < -0.39 is 0 Å². The standard InChI is InChI=1S/C23H21N5OS/c29-23(27-12-5-7-18(15-27)22-25-11-13-30-22)20-16-28(19-8-2-1-3-9-19)26-21(20)17-6-4-10-24-14-17/h1-4,6,8-11,13-14,16,18H,5,7,12,15H2. The van der Waals surface area contributed by atoms with Gasteiger partial charge in [-0.25, -0.2) is 9.67 Å². The summed E-state index contributed by atoms with van der Waals surface area (Å²) < 4.78 is 1.78. The van der Waals surface area contributed by atoms with Gasteiger partial charge in [0.25, 0.3) is 5.91 Å². The first-order chi connectivity index (χ1) is 14.8. The number of rotatable bonds is 4. The summed E-state index contributed by atoms with van der Waals surface area (Å²) in [6, 6.07) is 13.7. The number of benzene rings is 1. The van der Waals surface area contributed by atoms with Crippen molar-refractivity contribution in [1.82, 2.24) is 24.6 Å². The number of hydrogen-bond donors (Lipinski definition) is 0. The van der Waals surface area contributed by atoms with E-state index in [1.807, 2.05) is 65.1 Å². The van der Waals surface area contributed by atoms with Gasteiger partial charge in [0.2, 0.25) is 0 Å². The van der Waals surface area contributed by atoms with Crippen LogP contribution in [0.1, 0.15) is 34.1 Å². The van der Waals surface area contributed by atoms with E-state index >= 15 is 0 Å². The largest absolute Gasteiger partial charge is 0.338 e. The van der Waals surface area contributed by atoms with Crippen LogP contribution in [0.4, 0.5) is 0 Å². The van der Waals surface area contributed by atoms with Gasteiger partial charge in [0.05, 0.1) is 16.3 Å². The van der Waals surface area contributed by atoms with E-state index in [4.69, 9.17) is 5.10 Å². The fourth-order valence-corrected chi connectivity index (χ4v) is 4.70. The highest BCUT2D eigenvalue weighted by atomic mass is 32.1. The summed E-state index contributed by atoms with van der Waals surface area (Å²) in [6.07, 6.45) is 9.20. The van der Waals surface area contributed by atoms with Crippen LogP contribution >= 0.6 is 11.3 Å². The number of thiazole rings is 1. The lowest BCUT2D eigenvalue weighted by Crippen LogP contribution is -2.39. The fraction of sp³-hybridized carbons (Fsp3) is 0.217. The second-order valence-electron chi connectivity index (χ2n) is 7.37. The molecule has 150 valence electrons. The van der Waals surface area contributed by atoms with Gasteiger partial charge in [0.15, 0.2) is 0 Å². The van der Waals surface area contributed by atoms with E-state index in [-0.39, 0.29) is 5.91 Å². The summed E-state index contributed by atoms with van der Waals surface area (Å²) in [5.74, 6) is 0.311. The highest BCUT2D eigenvalue weighted by molar-refractivity contribution is 7.09. The molecule has 0 bridgehead atoms. The van der Waals surface area contributed by atoms with Gasteiger partial charge in [0, 0.05) is 54.7 Å². The minimum atomic E-state index is 0.0114. The number of amides is 1. The molecule has 0 radical (unpaired) electrons. The van der Waals surface area contributed by atoms with E-state index in [1.165, 1.54) is 0 Å². The Morgan fingerprint density at radius 1 is 1.10 bits per heavy atom. The molecule has 7 heteroatoms. The molecule has 1 aromatic carbocycles. The summed E-state index contributed by atoms with van der Waals surface area (Å²) in [5.41, 5.74) is 3.02. The molecule has 1 amide bonds. The number of pyridine rings is 1. The maximum Gasteiger partial charge on any atom is 0.257 e. The Balaban J connectivity index is 1.51. The van der Waals surface area contributed by atoms with Crippen LogP contribution < -0.4 is 0 Å². The monoisotopic (exact) mass is 415 g/mol. The van der Waals surface area contributed by atoms with Crippen molar-refractivity contribution in [2.45, 2.75) is 18.8 Å². The van der Waals surface area contributed by atoms with Crippen molar-refractivity contribution in [2.75, 3.05) is 13.1 Å². The lowest BCUT2D eigenvalue weighted by atomic mass is 9.97. The Hall–Kier alpha value is -3.32. The Bertz CT molecular complexity index is 1130. The Morgan fingerprint density at radius 3 is 2.77 bits per heavy atom. The highest BCUT2D eigenvalue weighted by Crippen LogP contribution is 2.31. The minimum Gasteiger partial charge on any atom is -0.338 e. The third-order valence-electron chi connectivity index (χ3n) is 5.41. The van der Waals surface area contributed by atoms with Crippen LogP contribution in [0.2, 0.25) is 0 Å². The molecule has 3 aromatic heterocycles. The van der Waals surface area contributed by atoms with Crippen LogP contribution in [0.5, 0.6) is 0 Å². The number of carbonyl (C=O) groups is 1. The first-order valence-corrected chi connectivity index (χ1v) is 10.9. The number of nitrogens with zero attached hydrogens (tertiary/aromatic N) is 5. The number of aromatic nitrogens is 4. The van der Waals surface area contributed by atoms with Crippen molar-refractivity contribution in [1.29, 1.82) is 0 Å². The summed E-state index contributed by atoms with van der Waals surface area (Å²) >= 11 is 1.67. The molecule has 6 nitrogen and oxygen atoms in total. The van der Waals surface area contributed by atoms with E-state index in [9.17, 15) is 4.79 Å². The topological polar surface area (TPSA) is 63.9 Å². The molecular formula is C23H21N5OS. The van der Waals surface area contributed by atoms with Crippen LogP contribution in [-0.2, 0) is 0 Å². The molecule has 0 saturated carbocycles. The Morgan fingerprint density at radius 2 is 2.00 bits per heavy atom. The van der Waals surface area contributed by atoms with Gasteiger partial charge in [-0.3, -0.25) is 9.78 Å². The smallest absolute Gasteiger partial charge is 0.257 e. The predicted octanol–water partition coefficient (Wildman–Crippen LogP) is 4.41. The van der Waals surface area contributed by atoms with Crippen LogP contribution in [-0.4, -0.2) is 43.6 Å². The van der Waals surface area contributed by atoms with E-state index in [1.54, 1.807) is 28.4 Å². The highest BCUT2D eigenvalue weighted by Gasteiger charge is 2.29. The zero-order chi connectivity index (χ0) is 20.3. The summed E-state index contributed by atoms with van der Waals surface area (Å²) in [6.45, 7) is 1.44. The maximum absolute atomic E-state index is 13.6. The average Bonchev–Trinajstić information content (AvgIpc) is 3.51. The van der Waals surface area contributed by atoms with Crippen molar-refractivity contribution in [3.8, 4) is 16.9 Å². The van der Waals surface area contributed by atoms with Gasteiger partial charge in [-0.1, -0.05) is 18.2 Å². The Labute approximate surface area is 178 Å². The lowest BCUT2D eigenvalue weighted by molar-refractivity contribution is 0.0708. The molecule has 1 aliphatic rings. The van der Waals surface area contributed by atoms with Crippen LogP contribution in [0.15, 0.2) is 72.6 Å². The maximum atomic E-state index is 13.6. The van der Waals surface area contributed by atoms with Gasteiger partial charge in [0.1, 0.15) is 5.69 Å². The molecule has 1 fully saturated rings. The van der Waals surface area contributed by atoms with E-state index in [0.717, 1.165) is 35.6 Å². The second-order valence-corrected chi connectivity index (χ2v) is 8.30. The molecule has 5 rings (SSSR count). The van der Waals surface area contributed by atoms with Crippen molar-refractivity contribution < 1.29 is 4.79 Å².